The maximum Gasteiger partial charge on any atom is 0.408 e. The van der Waals surface area contributed by atoms with Gasteiger partial charge in [0.25, 0.3) is 0 Å². The van der Waals surface area contributed by atoms with Crippen molar-refractivity contribution in [2.24, 2.45) is 0 Å². The van der Waals surface area contributed by atoms with Gasteiger partial charge in [-0.05, 0) is 85.3 Å². The van der Waals surface area contributed by atoms with E-state index in [0.29, 0.717) is 17.0 Å². The number of carbonyl (C=O) groups is 2. The van der Waals surface area contributed by atoms with E-state index in [0.717, 1.165) is 28.4 Å². The minimum Gasteiger partial charge on any atom is -0.465 e. The number of imidazole rings is 1. The summed E-state index contributed by atoms with van der Waals surface area (Å²) in [5.74, 6) is -2.66. The summed E-state index contributed by atoms with van der Waals surface area (Å²) in [6.07, 6.45) is 0.783. The summed E-state index contributed by atoms with van der Waals surface area (Å²) in [7, 11) is 0. The van der Waals surface area contributed by atoms with E-state index in [9.17, 15) is 23.5 Å². The highest BCUT2D eigenvalue weighted by molar-refractivity contribution is 6.30. The van der Waals surface area contributed by atoms with E-state index < -0.39 is 47.5 Å². The number of hydrogen-bond acceptors (Lipinski definition) is 5. The molecular formula is C36H33ClF3N5O4. The number of aromatic nitrogens is 3. The fourth-order valence-electron chi connectivity index (χ4n) is 6.17. The maximum atomic E-state index is 15.2. The van der Waals surface area contributed by atoms with Crippen LogP contribution >= 0.6 is 11.6 Å². The predicted octanol–water partition coefficient (Wildman–Crippen LogP) is 7.86. The molecule has 1 aliphatic rings. The molecule has 1 saturated heterocycles. The number of aryl methyl sites for hydroxylation is 2. The summed E-state index contributed by atoms with van der Waals surface area (Å²) in [6.45, 7) is 4.04. The van der Waals surface area contributed by atoms with Crippen molar-refractivity contribution in [1.82, 2.24) is 19.9 Å². The lowest BCUT2D eigenvalue weighted by Crippen LogP contribution is -2.47. The monoisotopic (exact) mass is 691 g/mol. The van der Waals surface area contributed by atoms with Crippen LogP contribution in [-0.2, 0) is 16.0 Å². The third kappa shape index (κ3) is 7.55. The number of anilines is 1. The Hall–Kier alpha value is -4.94. The number of rotatable bonds is 9. The van der Waals surface area contributed by atoms with Crippen molar-refractivity contribution in [3.63, 3.8) is 0 Å². The minimum atomic E-state index is -1.14. The second kappa shape index (κ2) is 14.3. The highest BCUT2D eigenvalue weighted by Crippen LogP contribution is 2.33. The number of ether oxygens (including phenoxy) is 1. The Labute approximate surface area is 285 Å². The van der Waals surface area contributed by atoms with Crippen molar-refractivity contribution in [1.29, 1.82) is 0 Å². The average Bonchev–Trinajstić information content (AvgIpc) is 3.47. The van der Waals surface area contributed by atoms with Crippen molar-refractivity contribution < 1.29 is 32.6 Å². The molecule has 49 heavy (non-hydrogen) atoms. The zero-order valence-electron chi connectivity index (χ0n) is 26.6. The van der Waals surface area contributed by atoms with Gasteiger partial charge in [-0.1, -0.05) is 29.8 Å². The van der Waals surface area contributed by atoms with E-state index in [4.69, 9.17) is 16.3 Å². The van der Waals surface area contributed by atoms with E-state index >= 15 is 4.39 Å². The van der Waals surface area contributed by atoms with Crippen LogP contribution in [0.2, 0.25) is 5.02 Å². The molecule has 0 bridgehead atoms. The fraction of sp³-hybridized carbons (Fsp3) is 0.278. The van der Waals surface area contributed by atoms with Crippen LogP contribution in [-0.4, -0.2) is 56.2 Å². The summed E-state index contributed by atoms with van der Waals surface area (Å²) in [4.78, 5) is 38.7. The first-order chi connectivity index (χ1) is 23.5. The number of nitrogens with zero attached hydrogens (tertiary/aromatic N) is 3. The van der Waals surface area contributed by atoms with Gasteiger partial charge in [0.15, 0.2) is 0 Å². The number of nitrogens with one attached hydrogen (secondary N) is 2. The molecule has 1 aliphatic heterocycles. The lowest BCUT2D eigenvalue weighted by Gasteiger charge is -2.37. The molecule has 0 radical (unpaired) electrons. The number of carboxylic acid groups (broad SMARTS) is 1. The van der Waals surface area contributed by atoms with Crippen molar-refractivity contribution in [2.45, 2.75) is 51.2 Å². The van der Waals surface area contributed by atoms with Gasteiger partial charge < -0.3 is 20.1 Å². The molecule has 1 fully saturated rings. The molecule has 3 heterocycles. The number of benzene rings is 3. The summed E-state index contributed by atoms with van der Waals surface area (Å²) in [5.41, 5.74) is 4.83. The molecule has 0 spiro atoms. The molecule has 9 nitrogen and oxygen atoms in total. The molecule has 2 unspecified atom stereocenters. The number of halogens is 4. The quantitative estimate of drug-likeness (QED) is 0.145. The zero-order chi connectivity index (χ0) is 34.8. The summed E-state index contributed by atoms with van der Waals surface area (Å²) in [5, 5.41) is 12.7. The maximum absolute atomic E-state index is 15.2. The summed E-state index contributed by atoms with van der Waals surface area (Å²) in [6, 6.07) is 13.0. The van der Waals surface area contributed by atoms with Crippen LogP contribution in [0.3, 0.4) is 0 Å². The van der Waals surface area contributed by atoms with E-state index in [2.05, 4.69) is 20.3 Å². The summed E-state index contributed by atoms with van der Waals surface area (Å²) < 4.78 is 49.8. The number of aromatic amines is 1. The van der Waals surface area contributed by atoms with Crippen molar-refractivity contribution in [2.75, 3.05) is 18.5 Å². The van der Waals surface area contributed by atoms with Gasteiger partial charge in [0.2, 0.25) is 5.91 Å². The molecule has 2 amide bonds. The van der Waals surface area contributed by atoms with Crippen molar-refractivity contribution in [3.05, 3.63) is 123 Å². The number of fused-ring (bicyclic) bond motifs is 1. The van der Waals surface area contributed by atoms with E-state index in [1.807, 2.05) is 26.0 Å². The molecule has 3 atom stereocenters. The van der Waals surface area contributed by atoms with Gasteiger partial charge in [0, 0.05) is 17.9 Å². The Morgan fingerprint density at radius 2 is 1.84 bits per heavy atom. The number of pyridine rings is 1. The largest absolute Gasteiger partial charge is 0.465 e. The van der Waals surface area contributed by atoms with E-state index in [1.54, 1.807) is 12.1 Å². The van der Waals surface area contributed by atoms with Crippen LogP contribution in [0.15, 0.2) is 67.0 Å². The van der Waals surface area contributed by atoms with Crippen molar-refractivity contribution >= 4 is 40.3 Å². The molecule has 6 rings (SSSR count). The van der Waals surface area contributed by atoms with Gasteiger partial charge in [0.1, 0.15) is 29.3 Å². The Morgan fingerprint density at radius 3 is 2.59 bits per heavy atom. The Kier molecular flexibility index (Phi) is 9.89. The van der Waals surface area contributed by atoms with Crippen LogP contribution in [0.25, 0.3) is 11.0 Å². The van der Waals surface area contributed by atoms with Crippen LogP contribution in [0, 0.1) is 31.3 Å². The standard InChI is InChI=1S/C36H33ClF3N5O4/c1-19-10-30-31(11-20(19)2)44-35(43-30)33-18-49-24(17-45(33)36(47)48)7-8-25-29(40)15-41-16-32(25)42-34(46)14-26(21-4-3-5-23(38)12-21)22-6-9-27(37)28(39)13-22/h3-6,9-13,15-16,24,26,33H,7-8,14,17-18H2,1-2H3,(H,42,46)(H,43,44)(H,47,48)/t24?,26-,33?/m1/s1. The fourth-order valence-corrected chi connectivity index (χ4v) is 6.29. The molecule has 254 valence electrons. The van der Waals surface area contributed by atoms with E-state index in [-0.39, 0.29) is 48.7 Å². The molecule has 0 saturated carbocycles. The highest BCUT2D eigenvalue weighted by Gasteiger charge is 2.35. The van der Waals surface area contributed by atoms with Gasteiger partial charge in [-0.2, -0.15) is 0 Å². The topological polar surface area (TPSA) is 120 Å². The van der Waals surface area contributed by atoms with Gasteiger partial charge >= 0.3 is 6.09 Å². The average molecular weight is 692 g/mol. The van der Waals surface area contributed by atoms with E-state index in [1.165, 1.54) is 41.4 Å². The summed E-state index contributed by atoms with van der Waals surface area (Å²) >= 11 is 5.87. The zero-order valence-corrected chi connectivity index (χ0v) is 27.4. The first-order valence-electron chi connectivity index (χ1n) is 15.7. The number of amides is 2. The SMILES string of the molecule is Cc1cc2nc(C3COC(CCc4c(F)cncc4NC(=O)C[C@H](c4cccc(F)c4)c4ccc(Cl)c(F)c4)CN3C(=O)O)[nH]c2cc1C. The van der Waals surface area contributed by atoms with Crippen LogP contribution < -0.4 is 5.32 Å². The Bertz CT molecular complexity index is 2000. The molecule has 3 N–H and O–H groups in total. The molecule has 0 aliphatic carbocycles. The number of H-pyrrole nitrogens is 1. The van der Waals surface area contributed by atoms with Crippen LogP contribution in [0.4, 0.5) is 23.7 Å². The third-order valence-electron chi connectivity index (χ3n) is 8.93. The Balaban J connectivity index is 1.15. The second-order valence-corrected chi connectivity index (χ2v) is 12.6. The molecule has 5 aromatic rings. The normalized spacial score (nSPS) is 16.9. The predicted molar refractivity (Wildman–Crippen MR) is 178 cm³/mol. The number of hydrogen-bond donors (Lipinski definition) is 3. The smallest absolute Gasteiger partial charge is 0.408 e. The van der Waals surface area contributed by atoms with Gasteiger partial charge in [-0.15, -0.1) is 0 Å². The lowest BCUT2D eigenvalue weighted by atomic mass is 9.88. The van der Waals surface area contributed by atoms with Crippen LogP contribution in [0.5, 0.6) is 0 Å². The van der Waals surface area contributed by atoms with Gasteiger partial charge in [-0.3, -0.25) is 14.7 Å². The Morgan fingerprint density at radius 1 is 1.06 bits per heavy atom. The lowest BCUT2D eigenvalue weighted by molar-refractivity contribution is -0.116. The second-order valence-electron chi connectivity index (χ2n) is 12.2. The number of morpholine rings is 1. The molecular weight excluding hydrogens is 659 g/mol. The molecule has 2 aromatic heterocycles. The van der Waals surface area contributed by atoms with Crippen LogP contribution in [0.1, 0.15) is 58.4 Å². The first-order valence-corrected chi connectivity index (χ1v) is 16.0. The van der Waals surface area contributed by atoms with Crippen molar-refractivity contribution in [3.8, 4) is 0 Å². The highest BCUT2D eigenvalue weighted by atomic mass is 35.5. The van der Waals surface area contributed by atoms with Gasteiger partial charge in [0.05, 0.1) is 53.4 Å². The minimum absolute atomic E-state index is 0.0243. The molecule has 3 aromatic carbocycles. The third-order valence-corrected chi connectivity index (χ3v) is 9.23. The molecule has 13 heteroatoms. The van der Waals surface area contributed by atoms with Gasteiger partial charge in [-0.25, -0.2) is 22.9 Å². The first kappa shape index (κ1) is 33.9. The number of carbonyl (C=O) groups excluding carboxylic acids is 1.